The van der Waals surface area contributed by atoms with Gasteiger partial charge in [0.2, 0.25) is 0 Å². The number of rotatable bonds is 0. The van der Waals surface area contributed by atoms with Crippen molar-refractivity contribution in [1.82, 2.24) is 0 Å². The van der Waals surface area contributed by atoms with Gasteiger partial charge in [-0.3, -0.25) is 4.79 Å². The lowest BCUT2D eigenvalue weighted by Crippen LogP contribution is -2.55. The number of carbonyl (C=O) groups is 1. The third kappa shape index (κ3) is 2.18. The molecule has 4 aliphatic carbocycles. The zero-order valence-electron chi connectivity index (χ0n) is 16.2. The molecular weight excluding hydrogens is 308 g/mol. The Morgan fingerprint density at radius 1 is 1.16 bits per heavy atom. The van der Waals surface area contributed by atoms with E-state index in [1.807, 2.05) is 13.0 Å². The van der Waals surface area contributed by atoms with Crippen LogP contribution in [-0.2, 0) is 4.79 Å². The molecule has 4 aliphatic rings. The average Bonchev–Trinajstić information content (AvgIpc) is 2.82. The second kappa shape index (κ2) is 5.46. The van der Waals surface area contributed by atoms with Gasteiger partial charge in [-0.1, -0.05) is 32.3 Å². The third-order valence-corrected chi connectivity index (χ3v) is 8.76. The van der Waals surface area contributed by atoms with Crippen LogP contribution in [0.5, 0.6) is 0 Å². The first-order valence-electron chi connectivity index (χ1n) is 10.2. The Kier molecular flexibility index (Phi) is 3.79. The quantitative estimate of drug-likeness (QED) is 0.658. The normalized spacial score (nSPS) is 51.6. The maximum atomic E-state index is 12.0. The number of aliphatic hydroxyl groups is 1. The number of allylic oxidation sites excluding steroid dienone is 1. The van der Waals surface area contributed by atoms with E-state index < -0.39 is 5.60 Å². The average molecular weight is 341 g/mol. The van der Waals surface area contributed by atoms with Crippen LogP contribution in [0.1, 0.15) is 72.6 Å². The summed E-state index contributed by atoms with van der Waals surface area (Å²) < 4.78 is 0. The van der Waals surface area contributed by atoms with Gasteiger partial charge >= 0.3 is 0 Å². The minimum Gasteiger partial charge on any atom is -0.377 e. The Bertz CT molecular complexity index is 695. The molecule has 1 N–H and O–H groups in total. The summed E-state index contributed by atoms with van der Waals surface area (Å²) in [6.45, 7) is 8.89. The van der Waals surface area contributed by atoms with Gasteiger partial charge in [0, 0.05) is 11.8 Å². The highest BCUT2D eigenvalue weighted by Crippen LogP contribution is 2.68. The van der Waals surface area contributed by atoms with Crippen LogP contribution in [-0.4, -0.2) is 16.5 Å². The summed E-state index contributed by atoms with van der Waals surface area (Å²) >= 11 is 0. The van der Waals surface area contributed by atoms with Crippen molar-refractivity contribution in [2.75, 3.05) is 0 Å². The fraction of sp³-hybridized carbons (Fsp3) is 0.783. The van der Waals surface area contributed by atoms with Crippen LogP contribution in [0.2, 0.25) is 0 Å². The predicted molar refractivity (Wildman–Crippen MR) is 99.7 cm³/mol. The molecular formula is C23H32O2. The zero-order chi connectivity index (χ0) is 18.0. The maximum absolute atomic E-state index is 12.0. The molecule has 0 saturated heterocycles. The molecule has 0 heterocycles. The molecule has 3 fully saturated rings. The van der Waals surface area contributed by atoms with Crippen LogP contribution in [0.15, 0.2) is 11.6 Å². The Morgan fingerprint density at radius 2 is 1.88 bits per heavy atom. The molecule has 0 aromatic rings. The summed E-state index contributed by atoms with van der Waals surface area (Å²) in [7, 11) is 0. The highest BCUT2D eigenvalue weighted by Gasteiger charge is 2.64. The van der Waals surface area contributed by atoms with E-state index in [9.17, 15) is 9.90 Å². The fourth-order valence-corrected chi connectivity index (χ4v) is 7.41. The van der Waals surface area contributed by atoms with Crippen molar-refractivity contribution >= 4 is 5.78 Å². The monoisotopic (exact) mass is 340 g/mol. The topological polar surface area (TPSA) is 37.3 Å². The summed E-state index contributed by atoms with van der Waals surface area (Å²) in [6, 6.07) is 0. The van der Waals surface area contributed by atoms with Crippen molar-refractivity contribution < 1.29 is 9.90 Å². The summed E-state index contributed by atoms with van der Waals surface area (Å²) in [5.41, 5.74) is 0.739. The van der Waals surface area contributed by atoms with Gasteiger partial charge in [0.15, 0.2) is 5.78 Å². The van der Waals surface area contributed by atoms with Crippen molar-refractivity contribution in [2.45, 2.75) is 78.2 Å². The van der Waals surface area contributed by atoms with Gasteiger partial charge in [-0.15, -0.1) is 5.92 Å². The highest BCUT2D eigenvalue weighted by atomic mass is 16.3. The van der Waals surface area contributed by atoms with E-state index in [1.54, 1.807) is 0 Å². The van der Waals surface area contributed by atoms with Crippen molar-refractivity contribution in [1.29, 1.82) is 0 Å². The second-order valence-corrected chi connectivity index (χ2v) is 9.73. The van der Waals surface area contributed by atoms with Crippen molar-refractivity contribution in [3.8, 4) is 11.8 Å². The van der Waals surface area contributed by atoms with Crippen LogP contribution in [0.3, 0.4) is 0 Å². The van der Waals surface area contributed by atoms with Crippen LogP contribution >= 0.6 is 0 Å². The van der Waals surface area contributed by atoms with E-state index in [4.69, 9.17) is 0 Å². The van der Waals surface area contributed by atoms with Gasteiger partial charge in [-0.2, -0.15) is 0 Å². The first-order valence-corrected chi connectivity index (χ1v) is 10.2. The molecule has 25 heavy (non-hydrogen) atoms. The number of ketones is 1. The first kappa shape index (κ1) is 17.3. The lowest BCUT2D eigenvalue weighted by molar-refractivity contribution is -0.121. The summed E-state index contributed by atoms with van der Waals surface area (Å²) in [6.07, 6.45) is 9.05. The number of carbonyl (C=O) groups excluding carboxylic acids is 1. The van der Waals surface area contributed by atoms with Gasteiger partial charge in [-0.25, -0.2) is 0 Å². The SMILES string of the molecule is CC#C[C@]1(O)CC[C@H]2[C@@H]3C[C@@H](C)C4=CC(=O)CC[C@]4(C)[C@H]3CC[C@@]21C. The largest absolute Gasteiger partial charge is 0.377 e. The molecule has 2 heteroatoms. The van der Waals surface area contributed by atoms with Gasteiger partial charge in [-0.05, 0) is 80.6 Å². The summed E-state index contributed by atoms with van der Waals surface area (Å²) in [5, 5.41) is 11.3. The van der Waals surface area contributed by atoms with Crippen molar-refractivity contribution in [2.24, 2.45) is 34.5 Å². The lowest BCUT2D eigenvalue weighted by Gasteiger charge is -2.60. The van der Waals surface area contributed by atoms with Crippen LogP contribution in [0, 0.1) is 46.3 Å². The van der Waals surface area contributed by atoms with Gasteiger partial charge in [0.05, 0.1) is 0 Å². The Hall–Kier alpha value is -1.07. The smallest absolute Gasteiger partial charge is 0.155 e. The molecule has 0 radical (unpaired) electrons. The molecule has 4 rings (SSSR count). The minimum absolute atomic E-state index is 0.0705. The third-order valence-electron chi connectivity index (χ3n) is 8.76. The van der Waals surface area contributed by atoms with E-state index in [1.165, 1.54) is 18.4 Å². The number of hydrogen-bond donors (Lipinski definition) is 1. The molecule has 136 valence electrons. The molecule has 3 saturated carbocycles. The first-order chi connectivity index (χ1) is 11.7. The molecule has 0 amide bonds. The molecule has 0 unspecified atom stereocenters. The van der Waals surface area contributed by atoms with E-state index in [-0.39, 0.29) is 10.8 Å². The Labute approximate surface area is 152 Å². The zero-order valence-corrected chi connectivity index (χ0v) is 16.2. The number of fused-ring (bicyclic) bond motifs is 5. The Morgan fingerprint density at radius 3 is 2.60 bits per heavy atom. The fourth-order valence-electron chi connectivity index (χ4n) is 7.41. The molecule has 0 aliphatic heterocycles. The van der Waals surface area contributed by atoms with Gasteiger partial charge < -0.3 is 5.11 Å². The summed E-state index contributed by atoms with van der Waals surface area (Å²) in [4.78, 5) is 12.0. The maximum Gasteiger partial charge on any atom is 0.155 e. The van der Waals surface area contributed by atoms with E-state index in [0.717, 1.165) is 25.7 Å². The van der Waals surface area contributed by atoms with E-state index in [0.29, 0.717) is 35.9 Å². The predicted octanol–water partition coefficient (Wildman–Crippen LogP) is 4.52. The van der Waals surface area contributed by atoms with Crippen LogP contribution in [0.25, 0.3) is 0 Å². The van der Waals surface area contributed by atoms with Crippen LogP contribution in [0.4, 0.5) is 0 Å². The molecule has 0 bridgehead atoms. The number of hydrogen-bond acceptors (Lipinski definition) is 2. The van der Waals surface area contributed by atoms with E-state index in [2.05, 4.69) is 32.6 Å². The lowest BCUT2D eigenvalue weighted by atomic mass is 9.45. The Balaban J connectivity index is 1.73. The standard InChI is InChI=1S/C23H32O2/c1-5-9-23(25)12-8-19-17-13-15(2)20-14-16(24)6-10-21(20,3)18(17)7-11-22(19,23)4/h14-15,17-19,25H,6-8,10-13H2,1-4H3/t15-,17-,18+,19+,21-,22+,23+/m1/s1. The van der Waals surface area contributed by atoms with Crippen molar-refractivity contribution in [3.05, 3.63) is 11.6 Å². The molecule has 0 spiro atoms. The molecule has 2 nitrogen and oxygen atoms in total. The summed E-state index contributed by atoms with van der Waals surface area (Å²) in [5.74, 6) is 8.90. The van der Waals surface area contributed by atoms with Crippen LogP contribution < -0.4 is 0 Å². The minimum atomic E-state index is -0.805. The van der Waals surface area contributed by atoms with E-state index >= 15 is 0 Å². The van der Waals surface area contributed by atoms with Gasteiger partial charge in [0.25, 0.3) is 0 Å². The van der Waals surface area contributed by atoms with Crippen molar-refractivity contribution in [3.63, 3.8) is 0 Å². The molecule has 7 atom stereocenters. The highest BCUT2D eigenvalue weighted by molar-refractivity contribution is 5.91. The second-order valence-electron chi connectivity index (χ2n) is 9.73. The molecule has 0 aromatic carbocycles. The van der Waals surface area contributed by atoms with Gasteiger partial charge in [0.1, 0.15) is 5.60 Å². The molecule has 0 aromatic heterocycles.